The maximum atomic E-state index is 12.7. The number of hydrogen-bond acceptors (Lipinski definition) is 4. The fourth-order valence-electron chi connectivity index (χ4n) is 3.84. The maximum absolute atomic E-state index is 12.7. The van der Waals surface area contributed by atoms with E-state index in [1.165, 1.54) is 0 Å². The monoisotopic (exact) mass is 529 g/mol. The Morgan fingerprint density at radius 1 is 1.15 bits per heavy atom. The van der Waals surface area contributed by atoms with Crippen molar-refractivity contribution in [2.45, 2.75) is 32.0 Å². The number of cyclic esters (lactones) is 1. The highest BCUT2D eigenvalue weighted by Gasteiger charge is 2.39. The molecular formula is C25H21BrClNO5. The molecule has 1 aliphatic heterocycles. The number of carboxylic acid groups (broad SMARTS) is 1. The van der Waals surface area contributed by atoms with Crippen molar-refractivity contribution in [3.63, 3.8) is 0 Å². The molecule has 1 saturated heterocycles. The van der Waals surface area contributed by atoms with E-state index in [0.29, 0.717) is 22.1 Å². The maximum Gasteiger partial charge on any atom is 0.411 e. The van der Waals surface area contributed by atoms with Crippen LogP contribution in [0.5, 0.6) is 11.5 Å². The normalized spacial score (nSPS) is 17.7. The summed E-state index contributed by atoms with van der Waals surface area (Å²) in [5.41, 5.74) is 2.24. The smallest absolute Gasteiger partial charge is 0.411 e. The summed E-state index contributed by atoms with van der Waals surface area (Å²) in [6.07, 6.45) is -0.919. The van der Waals surface area contributed by atoms with Crippen molar-refractivity contribution in [2.24, 2.45) is 0 Å². The van der Waals surface area contributed by atoms with Crippen molar-refractivity contribution in [1.29, 1.82) is 0 Å². The highest BCUT2D eigenvalue weighted by Crippen LogP contribution is 2.36. The molecule has 1 fully saturated rings. The van der Waals surface area contributed by atoms with Crippen LogP contribution in [0.15, 0.2) is 71.2 Å². The molecule has 0 aromatic heterocycles. The molecular weight excluding hydrogens is 510 g/mol. The molecule has 0 spiro atoms. The number of amides is 1. The van der Waals surface area contributed by atoms with E-state index in [1.54, 1.807) is 29.2 Å². The molecule has 33 heavy (non-hydrogen) atoms. The van der Waals surface area contributed by atoms with E-state index in [0.717, 1.165) is 15.6 Å². The van der Waals surface area contributed by atoms with E-state index >= 15 is 0 Å². The molecule has 4 rings (SSSR count). The minimum Gasteiger partial charge on any atom is -0.481 e. The van der Waals surface area contributed by atoms with Crippen LogP contribution in [0.25, 0.3) is 0 Å². The van der Waals surface area contributed by atoms with Gasteiger partial charge in [0, 0.05) is 15.1 Å². The highest BCUT2D eigenvalue weighted by atomic mass is 79.9. The summed E-state index contributed by atoms with van der Waals surface area (Å²) in [5, 5.41) is 9.47. The largest absolute Gasteiger partial charge is 0.481 e. The Morgan fingerprint density at radius 3 is 2.64 bits per heavy atom. The first-order valence-electron chi connectivity index (χ1n) is 10.3. The van der Waals surface area contributed by atoms with Gasteiger partial charge in [-0.3, -0.25) is 9.69 Å². The Balaban J connectivity index is 1.59. The fourth-order valence-corrected chi connectivity index (χ4v) is 4.50. The van der Waals surface area contributed by atoms with Gasteiger partial charge in [-0.05, 0) is 54.4 Å². The number of rotatable bonds is 7. The van der Waals surface area contributed by atoms with Crippen LogP contribution < -0.4 is 4.74 Å². The first kappa shape index (κ1) is 23.1. The molecule has 0 radical (unpaired) electrons. The summed E-state index contributed by atoms with van der Waals surface area (Å²) in [6, 6.07) is 19.8. The van der Waals surface area contributed by atoms with E-state index in [1.807, 2.05) is 49.4 Å². The number of benzene rings is 3. The van der Waals surface area contributed by atoms with Crippen LogP contribution in [0.3, 0.4) is 0 Å². The predicted molar refractivity (Wildman–Crippen MR) is 128 cm³/mol. The van der Waals surface area contributed by atoms with Crippen LogP contribution in [-0.2, 0) is 22.5 Å². The third-order valence-electron chi connectivity index (χ3n) is 5.40. The first-order valence-corrected chi connectivity index (χ1v) is 11.5. The van der Waals surface area contributed by atoms with Crippen LogP contribution in [-0.4, -0.2) is 28.1 Å². The van der Waals surface area contributed by atoms with Crippen molar-refractivity contribution >= 4 is 39.6 Å². The summed E-state index contributed by atoms with van der Waals surface area (Å²) >= 11 is 9.65. The van der Waals surface area contributed by atoms with Gasteiger partial charge in [-0.1, -0.05) is 57.9 Å². The van der Waals surface area contributed by atoms with Crippen molar-refractivity contribution < 1.29 is 24.2 Å². The van der Waals surface area contributed by atoms with E-state index in [2.05, 4.69) is 15.9 Å². The summed E-state index contributed by atoms with van der Waals surface area (Å²) in [5.74, 6) is -0.00603. The van der Waals surface area contributed by atoms with Gasteiger partial charge in [-0.15, -0.1) is 0 Å². The molecule has 1 amide bonds. The Kier molecular flexibility index (Phi) is 6.91. The van der Waals surface area contributed by atoms with E-state index in [9.17, 15) is 9.59 Å². The number of aliphatic carboxylic acids is 1. The molecule has 0 bridgehead atoms. The van der Waals surface area contributed by atoms with Gasteiger partial charge in [0.15, 0.2) is 0 Å². The molecule has 0 saturated carbocycles. The lowest BCUT2D eigenvalue weighted by atomic mass is 10.0. The fraction of sp³-hybridized carbons (Fsp3) is 0.200. The summed E-state index contributed by atoms with van der Waals surface area (Å²) < 4.78 is 12.6. The Labute approximate surface area is 204 Å². The van der Waals surface area contributed by atoms with Gasteiger partial charge in [0.25, 0.3) is 0 Å². The standard InChI is InChI=1S/C25H21BrClNO5/c1-15-24(17-5-3-2-4-6-17)33-25(31)28(15)14-18-12-19(26)7-8-22(18)32-21-10-16(11-23(29)30)9-20(27)13-21/h2-10,12-13,15,24H,11,14H2,1H3,(H,29,30). The predicted octanol–water partition coefficient (Wildman–Crippen LogP) is 6.60. The molecule has 2 atom stereocenters. The molecule has 1 N–H and O–H groups in total. The second-order valence-electron chi connectivity index (χ2n) is 7.80. The lowest BCUT2D eigenvalue weighted by molar-refractivity contribution is -0.136. The summed E-state index contributed by atoms with van der Waals surface area (Å²) in [7, 11) is 0. The number of nitrogens with zero attached hydrogens (tertiary/aromatic N) is 1. The highest BCUT2D eigenvalue weighted by molar-refractivity contribution is 9.10. The minimum absolute atomic E-state index is 0.165. The molecule has 6 nitrogen and oxygen atoms in total. The zero-order valence-corrected chi connectivity index (χ0v) is 20.0. The lowest BCUT2D eigenvalue weighted by Gasteiger charge is -2.22. The third kappa shape index (κ3) is 5.49. The molecule has 1 aliphatic rings. The quantitative estimate of drug-likeness (QED) is 0.372. The zero-order valence-electron chi connectivity index (χ0n) is 17.7. The van der Waals surface area contributed by atoms with Crippen LogP contribution in [0.1, 0.15) is 29.7 Å². The zero-order chi connectivity index (χ0) is 23.5. The van der Waals surface area contributed by atoms with Crippen molar-refractivity contribution in [3.8, 4) is 11.5 Å². The molecule has 0 aliphatic carbocycles. The Hall–Kier alpha value is -3.03. The van der Waals surface area contributed by atoms with E-state index < -0.39 is 12.1 Å². The summed E-state index contributed by atoms with van der Waals surface area (Å²) in [6.45, 7) is 2.23. The van der Waals surface area contributed by atoms with E-state index in [-0.39, 0.29) is 25.1 Å². The first-order chi connectivity index (χ1) is 15.8. The molecule has 170 valence electrons. The van der Waals surface area contributed by atoms with Gasteiger partial charge in [-0.25, -0.2) is 4.79 Å². The van der Waals surface area contributed by atoms with Gasteiger partial charge < -0.3 is 14.6 Å². The second kappa shape index (κ2) is 9.85. The van der Waals surface area contributed by atoms with Crippen LogP contribution in [0.2, 0.25) is 5.02 Å². The Bertz CT molecular complexity index is 1190. The SMILES string of the molecule is CC1C(c2ccccc2)OC(=O)N1Cc1cc(Br)ccc1Oc1cc(Cl)cc(CC(=O)O)c1. The molecule has 3 aromatic rings. The van der Waals surface area contributed by atoms with Crippen LogP contribution in [0.4, 0.5) is 4.79 Å². The number of ether oxygens (including phenoxy) is 2. The van der Waals surface area contributed by atoms with Crippen molar-refractivity contribution in [1.82, 2.24) is 4.90 Å². The summed E-state index contributed by atoms with van der Waals surface area (Å²) in [4.78, 5) is 25.5. The van der Waals surface area contributed by atoms with Crippen molar-refractivity contribution in [2.75, 3.05) is 0 Å². The molecule has 1 heterocycles. The number of carbonyl (C=O) groups excluding carboxylic acids is 1. The number of halogens is 2. The van der Waals surface area contributed by atoms with Gasteiger partial charge in [0.2, 0.25) is 0 Å². The van der Waals surface area contributed by atoms with Crippen LogP contribution in [0, 0.1) is 0 Å². The van der Waals surface area contributed by atoms with Crippen LogP contribution >= 0.6 is 27.5 Å². The number of hydrogen-bond donors (Lipinski definition) is 1. The third-order valence-corrected chi connectivity index (χ3v) is 6.11. The number of carboxylic acids is 1. The van der Waals surface area contributed by atoms with Crippen molar-refractivity contribution in [3.05, 3.63) is 92.9 Å². The van der Waals surface area contributed by atoms with Gasteiger partial charge in [-0.2, -0.15) is 0 Å². The van der Waals surface area contributed by atoms with Gasteiger partial charge >= 0.3 is 12.1 Å². The molecule has 8 heteroatoms. The molecule has 2 unspecified atom stereocenters. The number of carbonyl (C=O) groups is 2. The second-order valence-corrected chi connectivity index (χ2v) is 9.16. The van der Waals surface area contributed by atoms with Gasteiger partial charge in [0.05, 0.1) is 19.0 Å². The average Bonchev–Trinajstić information content (AvgIpc) is 3.03. The minimum atomic E-state index is -0.956. The molecule has 3 aromatic carbocycles. The van der Waals surface area contributed by atoms with Gasteiger partial charge in [0.1, 0.15) is 17.6 Å². The van der Waals surface area contributed by atoms with E-state index in [4.69, 9.17) is 26.2 Å². The Morgan fingerprint density at radius 2 is 1.91 bits per heavy atom. The topological polar surface area (TPSA) is 76.1 Å². The average molecular weight is 531 g/mol. The lowest BCUT2D eigenvalue weighted by Crippen LogP contribution is -2.31.